The summed E-state index contributed by atoms with van der Waals surface area (Å²) in [5.74, 6) is -0.260. The number of para-hydroxylation sites is 1. The molecule has 0 aliphatic heterocycles. The van der Waals surface area contributed by atoms with Crippen LogP contribution in [0, 0.1) is 4.77 Å². The third-order valence-corrected chi connectivity index (χ3v) is 5.04. The van der Waals surface area contributed by atoms with Crippen LogP contribution < -0.4 is 5.32 Å². The van der Waals surface area contributed by atoms with E-state index >= 15 is 0 Å². The van der Waals surface area contributed by atoms with E-state index in [9.17, 15) is 9.59 Å². The average Bonchev–Trinajstić information content (AvgIpc) is 3.43. The molecule has 0 saturated heterocycles. The molecule has 0 radical (unpaired) electrons. The van der Waals surface area contributed by atoms with Crippen molar-refractivity contribution in [1.82, 2.24) is 19.1 Å². The molecule has 1 N–H and O–H groups in total. The van der Waals surface area contributed by atoms with Gasteiger partial charge in [-0.25, -0.2) is 14.2 Å². The molecule has 0 unspecified atom stereocenters. The molecule has 2 aromatic heterocycles. The second kappa shape index (κ2) is 9.44. The summed E-state index contributed by atoms with van der Waals surface area (Å²) in [6.07, 6.45) is 3.70. The van der Waals surface area contributed by atoms with Gasteiger partial charge in [0.1, 0.15) is 6.54 Å². The SMILES string of the molecule is CCOC(=O)c1ccccc1NC(=O)Cn1nc(-c2ccccc2)n(-n2cccc2)c1=S. The molecule has 2 heterocycles. The number of amides is 1. The Bertz CT molecular complexity index is 1290. The van der Waals surface area contributed by atoms with Crippen LogP contribution in [-0.2, 0) is 16.1 Å². The van der Waals surface area contributed by atoms with Crippen molar-refractivity contribution < 1.29 is 14.3 Å². The van der Waals surface area contributed by atoms with Crippen molar-refractivity contribution in [3.8, 4) is 11.4 Å². The predicted molar refractivity (Wildman–Crippen MR) is 123 cm³/mol. The van der Waals surface area contributed by atoms with Crippen molar-refractivity contribution in [3.63, 3.8) is 0 Å². The highest BCUT2D eigenvalue weighted by Gasteiger charge is 2.18. The Morgan fingerprint density at radius 2 is 1.69 bits per heavy atom. The lowest BCUT2D eigenvalue weighted by molar-refractivity contribution is -0.116. The third-order valence-electron chi connectivity index (χ3n) is 4.66. The topological polar surface area (TPSA) is 83.1 Å². The fourth-order valence-corrected chi connectivity index (χ4v) is 3.53. The van der Waals surface area contributed by atoms with Crippen LogP contribution in [0.4, 0.5) is 5.69 Å². The Morgan fingerprint density at radius 1 is 1.00 bits per heavy atom. The number of aromatic nitrogens is 4. The summed E-state index contributed by atoms with van der Waals surface area (Å²) in [6.45, 7) is 1.85. The highest BCUT2D eigenvalue weighted by molar-refractivity contribution is 7.71. The normalized spacial score (nSPS) is 10.7. The summed E-state index contributed by atoms with van der Waals surface area (Å²) >= 11 is 5.63. The van der Waals surface area contributed by atoms with Gasteiger partial charge in [-0.1, -0.05) is 42.5 Å². The van der Waals surface area contributed by atoms with Crippen LogP contribution >= 0.6 is 12.2 Å². The van der Waals surface area contributed by atoms with Crippen LogP contribution in [-0.4, -0.2) is 37.6 Å². The Balaban J connectivity index is 1.64. The van der Waals surface area contributed by atoms with Crippen LogP contribution in [0.25, 0.3) is 11.4 Å². The van der Waals surface area contributed by atoms with E-state index < -0.39 is 5.97 Å². The molecule has 4 aromatic rings. The Kier molecular flexibility index (Phi) is 6.27. The van der Waals surface area contributed by atoms with Crippen molar-refractivity contribution in [1.29, 1.82) is 0 Å². The van der Waals surface area contributed by atoms with Crippen LogP contribution in [0.2, 0.25) is 0 Å². The monoisotopic (exact) mass is 447 g/mol. The number of rotatable bonds is 7. The number of carbonyl (C=O) groups is 2. The number of ether oxygens (including phenoxy) is 1. The Hall–Kier alpha value is -3.98. The van der Waals surface area contributed by atoms with Crippen LogP contribution in [0.15, 0.2) is 79.1 Å². The molecular weight excluding hydrogens is 426 g/mol. The van der Waals surface area contributed by atoms with E-state index in [2.05, 4.69) is 10.4 Å². The van der Waals surface area contributed by atoms with E-state index in [1.54, 1.807) is 35.9 Å². The Labute approximate surface area is 189 Å². The lowest BCUT2D eigenvalue weighted by Gasteiger charge is -2.10. The number of anilines is 1. The van der Waals surface area contributed by atoms with Crippen LogP contribution in [0.3, 0.4) is 0 Å². The number of nitrogens with one attached hydrogen (secondary N) is 1. The minimum atomic E-state index is -0.497. The molecular formula is C23H21N5O3S. The van der Waals surface area contributed by atoms with Crippen LogP contribution in [0.1, 0.15) is 17.3 Å². The first-order chi connectivity index (χ1) is 15.6. The molecule has 0 bridgehead atoms. The van der Waals surface area contributed by atoms with Gasteiger partial charge in [0.15, 0.2) is 5.82 Å². The second-order valence-corrected chi connectivity index (χ2v) is 7.18. The Morgan fingerprint density at radius 3 is 2.41 bits per heavy atom. The number of esters is 1. The van der Waals surface area contributed by atoms with Crippen LogP contribution in [0.5, 0.6) is 0 Å². The zero-order valence-corrected chi connectivity index (χ0v) is 18.2. The predicted octanol–water partition coefficient (Wildman–Crippen LogP) is 4.01. The molecule has 0 aliphatic rings. The zero-order chi connectivity index (χ0) is 22.5. The van der Waals surface area contributed by atoms with E-state index in [1.165, 1.54) is 4.68 Å². The molecule has 8 nitrogen and oxygen atoms in total. The highest BCUT2D eigenvalue weighted by atomic mass is 32.1. The number of hydrogen-bond donors (Lipinski definition) is 1. The summed E-state index contributed by atoms with van der Waals surface area (Å²) in [5, 5.41) is 7.37. The van der Waals surface area contributed by atoms with Crippen molar-refractivity contribution in [2.45, 2.75) is 13.5 Å². The maximum atomic E-state index is 12.8. The summed E-state index contributed by atoms with van der Waals surface area (Å²) < 4.78 is 10.4. The molecule has 4 rings (SSSR count). The fraction of sp³-hybridized carbons (Fsp3) is 0.130. The minimum absolute atomic E-state index is 0.121. The van der Waals surface area contributed by atoms with Gasteiger partial charge in [0.2, 0.25) is 10.7 Å². The number of nitrogens with zero attached hydrogens (tertiary/aromatic N) is 4. The summed E-state index contributed by atoms with van der Waals surface area (Å²) in [6, 6.07) is 20.1. The van der Waals surface area contributed by atoms with Gasteiger partial charge in [-0.15, -0.1) is 5.10 Å². The zero-order valence-electron chi connectivity index (χ0n) is 17.3. The first-order valence-corrected chi connectivity index (χ1v) is 10.4. The van der Waals surface area contributed by atoms with Gasteiger partial charge in [-0.05, 0) is 43.4 Å². The van der Waals surface area contributed by atoms with Crippen molar-refractivity contribution in [2.24, 2.45) is 0 Å². The largest absolute Gasteiger partial charge is 0.462 e. The maximum absolute atomic E-state index is 12.8. The lowest BCUT2D eigenvalue weighted by atomic mass is 10.2. The summed E-state index contributed by atoms with van der Waals surface area (Å²) in [7, 11) is 0. The van der Waals surface area contributed by atoms with E-state index in [0.717, 1.165) is 5.56 Å². The molecule has 1 amide bonds. The van der Waals surface area contributed by atoms with Crippen molar-refractivity contribution in [2.75, 3.05) is 11.9 Å². The maximum Gasteiger partial charge on any atom is 0.340 e. The van der Waals surface area contributed by atoms with E-state index in [1.807, 2.05) is 59.5 Å². The average molecular weight is 448 g/mol. The molecule has 9 heteroatoms. The number of carbonyl (C=O) groups excluding carboxylic acids is 2. The van der Waals surface area contributed by atoms with E-state index in [4.69, 9.17) is 17.0 Å². The van der Waals surface area contributed by atoms with E-state index in [0.29, 0.717) is 16.3 Å². The molecule has 0 saturated carbocycles. The smallest absolute Gasteiger partial charge is 0.340 e. The molecule has 162 valence electrons. The van der Waals surface area contributed by atoms with E-state index in [-0.39, 0.29) is 24.6 Å². The first-order valence-electron chi connectivity index (χ1n) is 10.0. The van der Waals surface area contributed by atoms with Gasteiger partial charge in [-0.2, -0.15) is 0 Å². The van der Waals surface area contributed by atoms with Gasteiger partial charge in [-0.3, -0.25) is 9.47 Å². The molecule has 2 aromatic carbocycles. The van der Waals surface area contributed by atoms with Gasteiger partial charge in [0.25, 0.3) is 0 Å². The molecule has 0 spiro atoms. The van der Waals surface area contributed by atoms with Crippen molar-refractivity contribution in [3.05, 3.63) is 89.5 Å². The summed E-state index contributed by atoms with van der Waals surface area (Å²) in [4.78, 5) is 25.0. The minimum Gasteiger partial charge on any atom is -0.462 e. The second-order valence-electron chi connectivity index (χ2n) is 6.82. The lowest BCUT2D eigenvalue weighted by Crippen LogP contribution is -2.21. The fourth-order valence-electron chi connectivity index (χ4n) is 3.24. The molecule has 0 aliphatic carbocycles. The van der Waals surface area contributed by atoms with Gasteiger partial charge < -0.3 is 10.1 Å². The van der Waals surface area contributed by atoms with Gasteiger partial charge in [0.05, 0.1) is 17.9 Å². The highest BCUT2D eigenvalue weighted by Crippen LogP contribution is 2.19. The number of benzene rings is 2. The third kappa shape index (κ3) is 4.37. The molecule has 32 heavy (non-hydrogen) atoms. The molecule has 0 fully saturated rings. The number of hydrogen-bond acceptors (Lipinski definition) is 5. The van der Waals surface area contributed by atoms with Gasteiger partial charge in [0, 0.05) is 18.0 Å². The van der Waals surface area contributed by atoms with Crippen molar-refractivity contribution >= 4 is 29.8 Å². The summed E-state index contributed by atoms with van der Waals surface area (Å²) in [5.41, 5.74) is 1.52. The van der Waals surface area contributed by atoms with Gasteiger partial charge >= 0.3 is 5.97 Å². The molecule has 0 atom stereocenters. The first kappa shape index (κ1) is 21.3. The standard InChI is InChI=1S/C23H21N5O3S/c1-2-31-22(30)18-12-6-7-13-19(18)24-20(29)16-27-23(32)28(26-14-8-9-15-26)21(25-27)17-10-4-3-5-11-17/h3-15H,2,16H2,1H3,(H,24,29). The quantitative estimate of drug-likeness (QED) is 0.342.